The average molecular weight is 334 g/mol. The molecule has 128 valence electrons. The van der Waals surface area contributed by atoms with Crippen LogP contribution in [0.15, 0.2) is 24.3 Å². The lowest BCUT2D eigenvalue weighted by molar-refractivity contribution is -0.141. The summed E-state index contributed by atoms with van der Waals surface area (Å²) in [7, 11) is 0. The van der Waals surface area contributed by atoms with Crippen LogP contribution in [-0.4, -0.2) is 35.5 Å². The van der Waals surface area contributed by atoms with E-state index in [1.807, 2.05) is 0 Å². The van der Waals surface area contributed by atoms with Gasteiger partial charge in [-0.1, -0.05) is 12.1 Å². The lowest BCUT2D eigenvalue weighted by Crippen LogP contribution is -2.39. The molecule has 2 amide bonds. The van der Waals surface area contributed by atoms with E-state index in [9.17, 15) is 18.8 Å². The predicted octanol–water partition coefficient (Wildman–Crippen LogP) is 1.55. The molecule has 1 aromatic rings. The minimum Gasteiger partial charge on any atom is -0.481 e. The number of amides is 2. The first-order valence-corrected chi connectivity index (χ1v) is 8.03. The van der Waals surface area contributed by atoms with Crippen LogP contribution in [0.3, 0.4) is 0 Å². The molecule has 0 spiro atoms. The second-order valence-electron chi connectivity index (χ2n) is 6.41. The van der Waals surface area contributed by atoms with E-state index in [1.165, 1.54) is 17.0 Å². The topological polar surface area (TPSA) is 86.7 Å². The van der Waals surface area contributed by atoms with Gasteiger partial charge < -0.3 is 15.3 Å². The molecule has 1 heterocycles. The molecule has 2 N–H and O–H groups in total. The molecule has 1 saturated carbocycles. The molecule has 7 heteroatoms. The molecule has 0 aromatic heterocycles. The number of carbonyl (C=O) groups excluding carboxylic acids is 2. The maximum Gasteiger partial charge on any atom is 0.306 e. The first-order chi connectivity index (χ1) is 11.5. The lowest BCUT2D eigenvalue weighted by Gasteiger charge is -2.18. The fourth-order valence-electron chi connectivity index (χ4n) is 3.44. The van der Waals surface area contributed by atoms with Crippen molar-refractivity contribution < 1.29 is 23.9 Å². The minimum atomic E-state index is -0.839. The molecular weight excluding hydrogens is 315 g/mol. The van der Waals surface area contributed by atoms with Crippen molar-refractivity contribution in [1.82, 2.24) is 5.32 Å². The van der Waals surface area contributed by atoms with E-state index in [4.69, 9.17) is 5.11 Å². The van der Waals surface area contributed by atoms with Crippen molar-refractivity contribution in [2.24, 2.45) is 11.8 Å². The van der Waals surface area contributed by atoms with Crippen LogP contribution in [0.2, 0.25) is 0 Å². The Kier molecular flexibility index (Phi) is 4.51. The van der Waals surface area contributed by atoms with Gasteiger partial charge in [-0.05, 0) is 31.4 Å². The molecule has 1 aliphatic heterocycles. The van der Waals surface area contributed by atoms with Gasteiger partial charge in [-0.3, -0.25) is 14.4 Å². The Morgan fingerprint density at radius 3 is 2.62 bits per heavy atom. The molecule has 0 radical (unpaired) electrons. The molecule has 2 fully saturated rings. The molecular formula is C17H19FN2O4. The Morgan fingerprint density at radius 2 is 1.96 bits per heavy atom. The Hall–Kier alpha value is -2.44. The molecule has 3 rings (SSSR count). The number of anilines is 1. The number of nitrogens with zero attached hydrogens (tertiary/aromatic N) is 1. The summed E-state index contributed by atoms with van der Waals surface area (Å²) in [5, 5.41) is 11.8. The molecule has 2 aliphatic rings. The summed E-state index contributed by atoms with van der Waals surface area (Å²) >= 11 is 0. The summed E-state index contributed by atoms with van der Waals surface area (Å²) in [5.41, 5.74) is 0.185. The van der Waals surface area contributed by atoms with Gasteiger partial charge in [-0.2, -0.15) is 0 Å². The van der Waals surface area contributed by atoms with Crippen molar-refractivity contribution >= 4 is 23.5 Å². The van der Waals surface area contributed by atoms with Crippen LogP contribution in [-0.2, 0) is 14.4 Å². The summed E-state index contributed by atoms with van der Waals surface area (Å²) in [4.78, 5) is 36.7. The zero-order valence-corrected chi connectivity index (χ0v) is 13.1. The molecule has 24 heavy (non-hydrogen) atoms. The number of carbonyl (C=O) groups is 3. The van der Waals surface area contributed by atoms with Crippen molar-refractivity contribution in [2.45, 2.75) is 31.7 Å². The quantitative estimate of drug-likeness (QED) is 0.875. The van der Waals surface area contributed by atoms with E-state index in [2.05, 4.69) is 5.32 Å². The van der Waals surface area contributed by atoms with Crippen LogP contribution in [0.5, 0.6) is 0 Å². The number of hydrogen-bond donors (Lipinski definition) is 2. The van der Waals surface area contributed by atoms with Gasteiger partial charge in [0.25, 0.3) is 0 Å². The largest absolute Gasteiger partial charge is 0.481 e. The number of nitrogens with one attached hydrogen (secondary N) is 1. The van der Waals surface area contributed by atoms with Crippen LogP contribution >= 0.6 is 0 Å². The van der Waals surface area contributed by atoms with Crippen molar-refractivity contribution in [3.05, 3.63) is 30.1 Å². The highest BCUT2D eigenvalue weighted by molar-refractivity contribution is 6.00. The van der Waals surface area contributed by atoms with Gasteiger partial charge >= 0.3 is 5.97 Å². The summed E-state index contributed by atoms with van der Waals surface area (Å²) in [6.45, 7) is 0.140. The summed E-state index contributed by atoms with van der Waals surface area (Å²) in [6.07, 6.45) is 1.62. The third-order valence-corrected chi connectivity index (χ3v) is 4.77. The highest BCUT2D eigenvalue weighted by atomic mass is 19.1. The fraction of sp³-hybridized carbons (Fsp3) is 0.471. The third kappa shape index (κ3) is 3.25. The van der Waals surface area contributed by atoms with E-state index in [0.717, 1.165) is 0 Å². The highest BCUT2D eigenvalue weighted by Crippen LogP contribution is 2.29. The zero-order chi connectivity index (χ0) is 17.3. The first-order valence-electron chi connectivity index (χ1n) is 8.03. The van der Waals surface area contributed by atoms with Gasteiger partial charge in [0.05, 0.1) is 17.5 Å². The molecule has 3 atom stereocenters. The second-order valence-corrected chi connectivity index (χ2v) is 6.41. The van der Waals surface area contributed by atoms with Crippen LogP contribution in [0, 0.1) is 17.7 Å². The summed E-state index contributed by atoms with van der Waals surface area (Å²) in [5.74, 6) is -2.84. The Morgan fingerprint density at radius 1 is 1.21 bits per heavy atom. The van der Waals surface area contributed by atoms with E-state index in [1.54, 1.807) is 12.1 Å². The number of benzene rings is 1. The molecule has 6 nitrogen and oxygen atoms in total. The number of halogens is 1. The van der Waals surface area contributed by atoms with Crippen molar-refractivity contribution in [3.63, 3.8) is 0 Å². The van der Waals surface area contributed by atoms with Gasteiger partial charge in [-0.25, -0.2) is 4.39 Å². The van der Waals surface area contributed by atoms with E-state index < -0.39 is 23.6 Å². The van der Waals surface area contributed by atoms with Crippen LogP contribution in [0.4, 0.5) is 10.1 Å². The average Bonchev–Trinajstić information content (AvgIpc) is 3.15. The Labute approximate surface area is 138 Å². The van der Waals surface area contributed by atoms with E-state index in [0.29, 0.717) is 19.3 Å². The number of carboxylic acids is 1. The van der Waals surface area contributed by atoms with Crippen molar-refractivity contribution in [1.29, 1.82) is 0 Å². The molecule has 1 aliphatic carbocycles. The van der Waals surface area contributed by atoms with Crippen LogP contribution < -0.4 is 10.2 Å². The molecule has 1 unspecified atom stereocenters. The predicted molar refractivity (Wildman–Crippen MR) is 83.8 cm³/mol. The number of para-hydroxylation sites is 1. The number of aliphatic carboxylic acids is 1. The summed E-state index contributed by atoms with van der Waals surface area (Å²) in [6, 6.07) is 5.81. The molecule has 0 bridgehead atoms. The van der Waals surface area contributed by atoms with Gasteiger partial charge in [0.1, 0.15) is 5.82 Å². The first kappa shape index (κ1) is 16.4. The maximum atomic E-state index is 13.8. The van der Waals surface area contributed by atoms with Crippen molar-refractivity contribution in [2.75, 3.05) is 11.4 Å². The smallest absolute Gasteiger partial charge is 0.306 e. The van der Waals surface area contributed by atoms with Gasteiger partial charge in [-0.15, -0.1) is 0 Å². The number of hydrogen-bond acceptors (Lipinski definition) is 3. The third-order valence-electron chi connectivity index (χ3n) is 4.77. The van der Waals surface area contributed by atoms with Gasteiger partial charge in [0, 0.05) is 19.0 Å². The second kappa shape index (κ2) is 6.59. The standard InChI is InChI=1S/C17H19FN2O4/c18-13-3-1-2-4-14(13)20-9-11(8-15(20)21)16(22)19-12-6-5-10(7-12)17(23)24/h1-4,10-12H,5-9H2,(H,19,22)(H,23,24)/t10-,11?,12+/m0/s1. The maximum absolute atomic E-state index is 13.8. The lowest BCUT2D eigenvalue weighted by atomic mass is 10.1. The van der Waals surface area contributed by atoms with Crippen molar-refractivity contribution in [3.8, 4) is 0 Å². The monoisotopic (exact) mass is 334 g/mol. The van der Waals surface area contributed by atoms with Crippen LogP contribution in [0.1, 0.15) is 25.7 Å². The Bertz CT molecular complexity index is 678. The number of carboxylic acid groups (broad SMARTS) is 1. The Balaban J connectivity index is 1.61. The highest BCUT2D eigenvalue weighted by Gasteiger charge is 2.38. The number of rotatable bonds is 4. The molecule has 1 saturated heterocycles. The minimum absolute atomic E-state index is 0.0370. The van der Waals surface area contributed by atoms with Gasteiger partial charge in [0.15, 0.2) is 0 Å². The zero-order valence-electron chi connectivity index (χ0n) is 13.1. The van der Waals surface area contributed by atoms with Gasteiger partial charge in [0.2, 0.25) is 11.8 Å². The van der Waals surface area contributed by atoms with E-state index in [-0.39, 0.29) is 36.5 Å². The molecule has 1 aromatic carbocycles. The normalized spacial score (nSPS) is 26.6. The summed E-state index contributed by atoms with van der Waals surface area (Å²) < 4.78 is 13.8. The van der Waals surface area contributed by atoms with Crippen LogP contribution in [0.25, 0.3) is 0 Å². The van der Waals surface area contributed by atoms with E-state index >= 15 is 0 Å². The SMILES string of the molecule is O=C(N[C@@H]1CC[C@H](C(=O)O)C1)C1CC(=O)N(c2ccccc2F)C1. The fourth-order valence-corrected chi connectivity index (χ4v) is 3.44.